The number of hydrogen-bond donors (Lipinski definition) is 1. The molecule has 2 aromatic rings. The van der Waals surface area contributed by atoms with Gasteiger partial charge < -0.3 is 14.9 Å². The number of benzene rings is 1. The van der Waals surface area contributed by atoms with Gasteiger partial charge in [0.15, 0.2) is 0 Å². The normalized spacial score (nSPS) is 14.5. The van der Waals surface area contributed by atoms with Crippen molar-refractivity contribution in [3.63, 3.8) is 0 Å². The minimum absolute atomic E-state index is 0.0452. The summed E-state index contributed by atoms with van der Waals surface area (Å²) >= 11 is 0. The van der Waals surface area contributed by atoms with Crippen molar-refractivity contribution in [3.05, 3.63) is 59.3 Å². The second-order valence-electron chi connectivity index (χ2n) is 5.86. The van der Waals surface area contributed by atoms with Gasteiger partial charge in [-0.25, -0.2) is 9.78 Å². The summed E-state index contributed by atoms with van der Waals surface area (Å²) in [5.74, 6) is -0.200. The number of pyridine rings is 1. The van der Waals surface area contributed by atoms with E-state index in [9.17, 15) is 9.59 Å². The summed E-state index contributed by atoms with van der Waals surface area (Å²) in [6.45, 7) is 4.59. The van der Waals surface area contributed by atoms with Gasteiger partial charge >= 0.3 is 5.97 Å². The van der Waals surface area contributed by atoms with E-state index in [-0.39, 0.29) is 11.5 Å². The quantitative estimate of drug-likeness (QED) is 0.935. The van der Waals surface area contributed by atoms with Crippen molar-refractivity contribution in [2.75, 3.05) is 31.1 Å². The molecular weight excluding hydrogens is 306 g/mol. The van der Waals surface area contributed by atoms with Crippen LogP contribution in [-0.2, 0) is 0 Å². The summed E-state index contributed by atoms with van der Waals surface area (Å²) in [5.41, 5.74) is 2.01. The number of rotatable bonds is 3. The topological polar surface area (TPSA) is 73.7 Å². The number of carboxylic acids is 1. The molecule has 6 heteroatoms. The number of carbonyl (C=O) groups is 2. The Morgan fingerprint density at radius 3 is 2.12 bits per heavy atom. The first kappa shape index (κ1) is 16.0. The number of piperazine rings is 1. The lowest BCUT2D eigenvalue weighted by atomic mass is 10.1. The standard InChI is InChI=1S/C18H19N3O3/c1-13-2-4-14(5-3-13)17(22)21-10-8-20(9-11-21)16-7-6-15(12-19-16)18(23)24/h2-7,12H,8-11H2,1H3,(H,23,24). The van der Waals surface area contributed by atoms with Gasteiger partial charge in [0.2, 0.25) is 0 Å². The van der Waals surface area contributed by atoms with Crippen molar-refractivity contribution in [3.8, 4) is 0 Å². The molecule has 1 N–H and O–H groups in total. The second-order valence-corrected chi connectivity index (χ2v) is 5.86. The summed E-state index contributed by atoms with van der Waals surface area (Å²) in [6.07, 6.45) is 1.36. The summed E-state index contributed by atoms with van der Waals surface area (Å²) in [6, 6.07) is 10.9. The van der Waals surface area contributed by atoms with Gasteiger partial charge in [0.25, 0.3) is 5.91 Å². The highest BCUT2D eigenvalue weighted by molar-refractivity contribution is 5.94. The Balaban J connectivity index is 1.62. The molecule has 0 saturated carbocycles. The SMILES string of the molecule is Cc1ccc(C(=O)N2CCN(c3ccc(C(=O)O)cn3)CC2)cc1. The minimum Gasteiger partial charge on any atom is -0.478 e. The number of carbonyl (C=O) groups excluding carboxylic acids is 1. The molecule has 2 heterocycles. The Hall–Kier alpha value is -2.89. The predicted octanol–water partition coefficient (Wildman–Crippen LogP) is 2.05. The van der Waals surface area contributed by atoms with Crippen LogP contribution in [0.3, 0.4) is 0 Å². The predicted molar refractivity (Wildman–Crippen MR) is 90.5 cm³/mol. The average molecular weight is 325 g/mol. The molecule has 1 amide bonds. The van der Waals surface area contributed by atoms with Crippen molar-refractivity contribution in [1.82, 2.24) is 9.88 Å². The highest BCUT2D eigenvalue weighted by Gasteiger charge is 2.22. The van der Waals surface area contributed by atoms with Crippen LogP contribution in [0.5, 0.6) is 0 Å². The lowest BCUT2D eigenvalue weighted by Gasteiger charge is -2.35. The molecule has 0 unspecified atom stereocenters. The zero-order chi connectivity index (χ0) is 17.1. The third-order valence-electron chi connectivity index (χ3n) is 4.18. The second kappa shape index (κ2) is 6.70. The van der Waals surface area contributed by atoms with Gasteiger partial charge in [-0.05, 0) is 31.2 Å². The average Bonchev–Trinajstić information content (AvgIpc) is 2.62. The highest BCUT2D eigenvalue weighted by Crippen LogP contribution is 2.16. The molecule has 3 rings (SSSR count). The van der Waals surface area contributed by atoms with Crippen molar-refractivity contribution < 1.29 is 14.7 Å². The van der Waals surface area contributed by atoms with Crippen LogP contribution in [0.1, 0.15) is 26.3 Å². The lowest BCUT2D eigenvalue weighted by molar-refractivity contribution is 0.0694. The van der Waals surface area contributed by atoms with Crippen LogP contribution in [0.15, 0.2) is 42.6 Å². The maximum absolute atomic E-state index is 12.5. The fourth-order valence-electron chi connectivity index (χ4n) is 2.72. The van der Waals surface area contributed by atoms with Crippen molar-refractivity contribution in [2.45, 2.75) is 6.92 Å². The zero-order valence-corrected chi connectivity index (χ0v) is 13.5. The first-order chi connectivity index (χ1) is 11.5. The molecule has 1 aromatic carbocycles. The fourth-order valence-corrected chi connectivity index (χ4v) is 2.72. The Morgan fingerprint density at radius 1 is 0.958 bits per heavy atom. The third-order valence-corrected chi connectivity index (χ3v) is 4.18. The van der Waals surface area contributed by atoms with E-state index in [4.69, 9.17) is 5.11 Å². The molecular formula is C18H19N3O3. The molecule has 6 nitrogen and oxygen atoms in total. The van der Waals surface area contributed by atoms with Crippen LogP contribution in [0.25, 0.3) is 0 Å². The lowest BCUT2D eigenvalue weighted by Crippen LogP contribution is -2.49. The molecule has 124 valence electrons. The maximum Gasteiger partial charge on any atom is 0.337 e. The van der Waals surface area contributed by atoms with Crippen LogP contribution >= 0.6 is 0 Å². The van der Waals surface area contributed by atoms with Gasteiger partial charge in [-0.2, -0.15) is 0 Å². The van der Waals surface area contributed by atoms with Crippen LogP contribution < -0.4 is 4.90 Å². The molecule has 1 aromatic heterocycles. The molecule has 1 aliphatic heterocycles. The van der Waals surface area contributed by atoms with Crippen LogP contribution in [0.2, 0.25) is 0 Å². The van der Waals surface area contributed by atoms with Crippen molar-refractivity contribution >= 4 is 17.7 Å². The Morgan fingerprint density at radius 2 is 1.58 bits per heavy atom. The molecule has 24 heavy (non-hydrogen) atoms. The number of nitrogens with zero attached hydrogens (tertiary/aromatic N) is 3. The largest absolute Gasteiger partial charge is 0.478 e. The zero-order valence-electron chi connectivity index (χ0n) is 13.5. The van der Waals surface area contributed by atoms with Gasteiger partial charge in [-0.3, -0.25) is 4.79 Å². The van der Waals surface area contributed by atoms with E-state index in [1.807, 2.05) is 36.1 Å². The summed E-state index contributed by atoms with van der Waals surface area (Å²) in [4.78, 5) is 31.5. The minimum atomic E-state index is -0.984. The van der Waals surface area contributed by atoms with Gasteiger partial charge in [-0.15, -0.1) is 0 Å². The molecule has 0 spiro atoms. The summed E-state index contributed by atoms with van der Waals surface area (Å²) in [7, 11) is 0. The third kappa shape index (κ3) is 3.37. The molecule has 1 aliphatic rings. The Bertz CT molecular complexity index is 733. The van der Waals surface area contributed by atoms with Gasteiger partial charge in [0.1, 0.15) is 5.82 Å². The van der Waals surface area contributed by atoms with E-state index in [0.717, 1.165) is 11.4 Å². The fraction of sp³-hybridized carbons (Fsp3) is 0.278. The summed E-state index contributed by atoms with van der Waals surface area (Å²) in [5, 5.41) is 8.91. The monoisotopic (exact) mass is 325 g/mol. The first-order valence-corrected chi connectivity index (χ1v) is 7.85. The number of anilines is 1. The smallest absolute Gasteiger partial charge is 0.337 e. The Kier molecular flexibility index (Phi) is 4.46. The van der Waals surface area contributed by atoms with Gasteiger partial charge in [0, 0.05) is 37.9 Å². The Labute approximate surface area is 140 Å². The number of amides is 1. The molecule has 1 saturated heterocycles. The van der Waals surface area contributed by atoms with E-state index in [0.29, 0.717) is 31.7 Å². The van der Waals surface area contributed by atoms with Crippen molar-refractivity contribution in [1.29, 1.82) is 0 Å². The van der Waals surface area contributed by atoms with E-state index in [1.165, 1.54) is 6.20 Å². The number of hydrogen-bond acceptors (Lipinski definition) is 4. The summed E-state index contributed by atoms with van der Waals surface area (Å²) < 4.78 is 0. The number of carboxylic acid groups (broad SMARTS) is 1. The van der Waals surface area contributed by atoms with Gasteiger partial charge in [-0.1, -0.05) is 17.7 Å². The van der Waals surface area contributed by atoms with E-state index >= 15 is 0 Å². The highest BCUT2D eigenvalue weighted by atomic mass is 16.4. The number of aromatic carboxylic acids is 1. The van der Waals surface area contributed by atoms with E-state index in [1.54, 1.807) is 12.1 Å². The van der Waals surface area contributed by atoms with Crippen LogP contribution in [0, 0.1) is 6.92 Å². The molecule has 0 aliphatic carbocycles. The number of aryl methyl sites for hydroxylation is 1. The van der Waals surface area contributed by atoms with E-state index in [2.05, 4.69) is 9.88 Å². The van der Waals surface area contributed by atoms with Gasteiger partial charge in [0.05, 0.1) is 5.56 Å². The molecule has 0 atom stereocenters. The molecule has 1 fully saturated rings. The maximum atomic E-state index is 12.5. The van der Waals surface area contributed by atoms with E-state index < -0.39 is 5.97 Å². The number of aromatic nitrogens is 1. The van der Waals surface area contributed by atoms with Crippen molar-refractivity contribution in [2.24, 2.45) is 0 Å². The molecule has 0 radical (unpaired) electrons. The van der Waals surface area contributed by atoms with Crippen LogP contribution in [0.4, 0.5) is 5.82 Å². The van der Waals surface area contributed by atoms with Crippen LogP contribution in [-0.4, -0.2) is 53.0 Å². The first-order valence-electron chi connectivity index (χ1n) is 7.85. The molecule has 0 bridgehead atoms.